The molecule has 0 saturated carbocycles. The third-order valence-corrected chi connectivity index (χ3v) is 7.09. The second kappa shape index (κ2) is 6.84. The molecule has 1 nitrogen and oxygen atoms in total. The zero-order chi connectivity index (χ0) is 22.1. The highest BCUT2D eigenvalue weighted by Gasteiger charge is 2.15. The van der Waals surface area contributed by atoms with Crippen LogP contribution >= 0.6 is 11.6 Å². The van der Waals surface area contributed by atoms with Crippen LogP contribution in [-0.2, 0) is 0 Å². The van der Waals surface area contributed by atoms with E-state index in [1.807, 2.05) is 18.2 Å². The van der Waals surface area contributed by atoms with Crippen molar-refractivity contribution in [3.05, 3.63) is 108 Å². The molecule has 7 rings (SSSR count). The summed E-state index contributed by atoms with van der Waals surface area (Å²) >= 11 is 6.53. The first-order valence-electron chi connectivity index (χ1n) is 11.1. The third-order valence-electron chi connectivity index (χ3n) is 6.77. The first-order chi connectivity index (χ1) is 16.2. The molecule has 1 aromatic heterocycles. The second-order valence-corrected chi connectivity index (χ2v) is 9.16. The molecule has 156 valence electrons. The van der Waals surface area contributed by atoms with Crippen molar-refractivity contribution < 1.29 is 4.42 Å². The lowest BCUT2D eigenvalue weighted by Crippen LogP contribution is -1.86. The number of benzene rings is 6. The van der Waals surface area contributed by atoms with Gasteiger partial charge < -0.3 is 4.42 Å². The van der Waals surface area contributed by atoms with Crippen LogP contribution in [0.1, 0.15) is 5.56 Å². The molecule has 2 heteroatoms. The Morgan fingerprint density at radius 1 is 0.576 bits per heavy atom. The number of hydrogen-bond donors (Lipinski definition) is 0. The Morgan fingerprint density at radius 2 is 1.24 bits per heavy atom. The number of halogens is 1. The highest BCUT2D eigenvalue weighted by atomic mass is 35.5. The minimum atomic E-state index is 0.717. The summed E-state index contributed by atoms with van der Waals surface area (Å²) in [7, 11) is 0. The maximum atomic E-state index is 6.53. The lowest BCUT2D eigenvalue weighted by molar-refractivity contribution is 0.670. The van der Waals surface area contributed by atoms with Crippen molar-refractivity contribution in [2.24, 2.45) is 0 Å². The average Bonchev–Trinajstić information content (AvgIpc) is 3.24. The molecule has 1 heterocycles. The van der Waals surface area contributed by atoms with Gasteiger partial charge >= 0.3 is 0 Å². The number of fused-ring (bicyclic) bond motifs is 9. The summed E-state index contributed by atoms with van der Waals surface area (Å²) in [5.74, 6) is 0. The fraction of sp³-hybridized carbons (Fsp3) is 0.0323. The minimum absolute atomic E-state index is 0.717. The number of furan rings is 1. The molecule has 7 aromatic rings. The van der Waals surface area contributed by atoms with E-state index in [-0.39, 0.29) is 0 Å². The summed E-state index contributed by atoms with van der Waals surface area (Å²) < 4.78 is 6.32. The summed E-state index contributed by atoms with van der Waals surface area (Å²) in [5.41, 5.74) is 5.18. The zero-order valence-corrected chi connectivity index (χ0v) is 18.8. The Balaban J connectivity index is 1.60. The summed E-state index contributed by atoms with van der Waals surface area (Å²) in [6, 6.07) is 34.3. The van der Waals surface area contributed by atoms with E-state index in [4.69, 9.17) is 16.0 Å². The zero-order valence-electron chi connectivity index (χ0n) is 18.0. The highest BCUT2D eigenvalue weighted by Crippen LogP contribution is 2.41. The van der Waals surface area contributed by atoms with Gasteiger partial charge in [0.1, 0.15) is 11.2 Å². The van der Waals surface area contributed by atoms with Crippen LogP contribution in [0.4, 0.5) is 0 Å². The summed E-state index contributed by atoms with van der Waals surface area (Å²) in [5, 5.41) is 10.4. The van der Waals surface area contributed by atoms with Crippen LogP contribution in [0.5, 0.6) is 0 Å². The Hall–Kier alpha value is -3.81. The van der Waals surface area contributed by atoms with Crippen LogP contribution in [0.25, 0.3) is 65.4 Å². The molecule has 0 aliphatic carbocycles. The maximum Gasteiger partial charge on any atom is 0.143 e. The van der Waals surface area contributed by atoms with Crippen LogP contribution < -0.4 is 0 Å². The molecule has 0 fully saturated rings. The molecule has 0 aliphatic rings. The Labute approximate surface area is 195 Å². The van der Waals surface area contributed by atoms with Crippen molar-refractivity contribution in [1.29, 1.82) is 0 Å². The SMILES string of the molecule is Cc1ccc2c(c1)c1ccccc1c1ccc(-c3cccc4c3oc3cccc(Cl)c34)cc12. The number of rotatable bonds is 1. The normalized spacial score (nSPS) is 11.9. The van der Waals surface area contributed by atoms with Crippen LogP contribution in [0, 0.1) is 6.92 Å². The predicted molar refractivity (Wildman–Crippen MR) is 141 cm³/mol. The van der Waals surface area contributed by atoms with Crippen molar-refractivity contribution in [3.8, 4) is 11.1 Å². The molecule has 0 radical (unpaired) electrons. The third kappa shape index (κ3) is 2.66. The standard InChI is InChI=1S/C31H19ClO/c1-18-12-14-24-26(16-18)22-7-3-2-6-21(22)23-15-13-19(17-27(23)24)20-8-4-9-25-30-28(32)10-5-11-29(30)33-31(20)25/h2-17H,1H3. The Bertz CT molecular complexity index is 1890. The maximum absolute atomic E-state index is 6.53. The smallest absolute Gasteiger partial charge is 0.143 e. The quantitative estimate of drug-likeness (QED) is 0.230. The molecule has 0 saturated heterocycles. The van der Waals surface area contributed by atoms with Gasteiger partial charge in [0.05, 0.1) is 5.02 Å². The van der Waals surface area contributed by atoms with E-state index >= 15 is 0 Å². The van der Waals surface area contributed by atoms with E-state index in [0.29, 0.717) is 0 Å². The average molecular weight is 443 g/mol. The van der Waals surface area contributed by atoms with Gasteiger partial charge in [-0.05, 0) is 63.0 Å². The molecular formula is C31H19ClO. The molecule has 6 aromatic carbocycles. The van der Waals surface area contributed by atoms with E-state index in [1.165, 1.54) is 37.9 Å². The number of para-hydroxylation sites is 1. The number of aryl methyl sites for hydroxylation is 1. The van der Waals surface area contributed by atoms with Crippen molar-refractivity contribution in [1.82, 2.24) is 0 Å². The van der Waals surface area contributed by atoms with Gasteiger partial charge in [0, 0.05) is 16.3 Å². The topological polar surface area (TPSA) is 13.1 Å². The lowest BCUT2D eigenvalue weighted by Gasteiger charge is -2.13. The van der Waals surface area contributed by atoms with Gasteiger partial charge in [0.15, 0.2) is 0 Å². The van der Waals surface area contributed by atoms with Gasteiger partial charge in [0.25, 0.3) is 0 Å². The molecule has 0 atom stereocenters. The van der Waals surface area contributed by atoms with E-state index in [2.05, 4.69) is 85.8 Å². The predicted octanol–water partition coefficient (Wildman–Crippen LogP) is 9.67. The highest BCUT2D eigenvalue weighted by molar-refractivity contribution is 6.38. The monoisotopic (exact) mass is 442 g/mol. The van der Waals surface area contributed by atoms with Crippen LogP contribution in [-0.4, -0.2) is 0 Å². The van der Waals surface area contributed by atoms with Gasteiger partial charge in [0.2, 0.25) is 0 Å². The molecule has 0 spiro atoms. The van der Waals surface area contributed by atoms with Crippen molar-refractivity contribution in [2.75, 3.05) is 0 Å². The molecule has 0 amide bonds. The summed E-state index contributed by atoms with van der Waals surface area (Å²) in [4.78, 5) is 0. The van der Waals surface area contributed by atoms with Crippen molar-refractivity contribution >= 4 is 65.9 Å². The van der Waals surface area contributed by atoms with E-state index < -0.39 is 0 Å². The first kappa shape index (κ1) is 18.7. The second-order valence-electron chi connectivity index (χ2n) is 8.75. The molecule has 0 unspecified atom stereocenters. The Morgan fingerprint density at radius 3 is 2.12 bits per heavy atom. The van der Waals surface area contributed by atoms with Crippen LogP contribution in [0.15, 0.2) is 101 Å². The van der Waals surface area contributed by atoms with Gasteiger partial charge in [-0.25, -0.2) is 0 Å². The molecular weight excluding hydrogens is 424 g/mol. The van der Waals surface area contributed by atoms with Crippen LogP contribution in [0.3, 0.4) is 0 Å². The fourth-order valence-corrected chi connectivity index (χ4v) is 5.54. The van der Waals surface area contributed by atoms with Gasteiger partial charge in [-0.3, -0.25) is 0 Å². The Kier molecular flexibility index (Phi) is 3.88. The summed E-state index contributed by atoms with van der Waals surface area (Å²) in [6.07, 6.45) is 0. The van der Waals surface area contributed by atoms with E-state index in [0.717, 1.165) is 38.1 Å². The molecule has 33 heavy (non-hydrogen) atoms. The number of hydrogen-bond acceptors (Lipinski definition) is 1. The van der Waals surface area contributed by atoms with E-state index in [1.54, 1.807) is 0 Å². The molecule has 0 N–H and O–H groups in total. The molecule has 0 bridgehead atoms. The van der Waals surface area contributed by atoms with E-state index in [9.17, 15) is 0 Å². The largest absolute Gasteiger partial charge is 0.455 e. The molecule has 0 aliphatic heterocycles. The van der Waals surface area contributed by atoms with Crippen molar-refractivity contribution in [3.63, 3.8) is 0 Å². The van der Waals surface area contributed by atoms with Gasteiger partial charge in [-0.15, -0.1) is 0 Å². The van der Waals surface area contributed by atoms with Crippen LogP contribution in [0.2, 0.25) is 5.02 Å². The lowest BCUT2D eigenvalue weighted by atomic mass is 9.91. The van der Waals surface area contributed by atoms with Gasteiger partial charge in [-0.1, -0.05) is 96.0 Å². The van der Waals surface area contributed by atoms with Gasteiger partial charge in [-0.2, -0.15) is 0 Å². The minimum Gasteiger partial charge on any atom is -0.455 e. The summed E-state index contributed by atoms with van der Waals surface area (Å²) in [6.45, 7) is 2.16. The fourth-order valence-electron chi connectivity index (χ4n) is 5.27. The van der Waals surface area contributed by atoms with Crippen molar-refractivity contribution in [2.45, 2.75) is 6.92 Å². The first-order valence-corrected chi connectivity index (χ1v) is 11.5.